The van der Waals surface area contributed by atoms with Gasteiger partial charge < -0.3 is 10.1 Å². The van der Waals surface area contributed by atoms with Gasteiger partial charge in [0.05, 0.1) is 34.0 Å². The third kappa shape index (κ3) is 5.61. The monoisotopic (exact) mass is 442 g/mol. The molecule has 0 saturated carbocycles. The molecule has 28 heavy (non-hydrogen) atoms. The van der Waals surface area contributed by atoms with Crippen LogP contribution < -0.4 is 10.0 Å². The Morgan fingerprint density at radius 2 is 1.86 bits per heavy atom. The maximum absolute atomic E-state index is 12.5. The van der Waals surface area contributed by atoms with Gasteiger partial charge >= 0.3 is 0 Å². The lowest BCUT2D eigenvalue weighted by atomic mass is 10.1. The second-order valence-electron chi connectivity index (χ2n) is 6.54. The van der Waals surface area contributed by atoms with E-state index in [1.54, 1.807) is 24.3 Å². The highest BCUT2D eigenvalue weighted by Crippen LogP contribution is 2.26. The Hall–Kier alpha value is -1.80. The zero-order valence-corrected chi connectivity index (χ0v) is 17.3. The predicted molar refractivity (Wildman–Crippen MR) is 109 cm³/mol. The van der Waals surface area contributed by atoms with Gasteiger partial charge in [0.15, 0.2) is 0 Å². The van der Waals surface area contributed by atoms with E-state index in [4.69, 9.17) is 27.9 Å². The molecular weight excluding hydrogens is 423 g/mol. The van der Waals surface area contributed by atoms with Crippen molar-refractivity contribution in [1.29, 1.82) is 0 Å². The molecule has 2 aromatic rings. The van der Waals surface area contributed by atoms with Gasteiger partial charge in [-0.05, 0) is 48.7 Å². The molecular formula is C19H20Cl2N2O4S. The summed E-state index contributed by atoms with van der Waals surface area (Å²) < 4.78 is 32.8. The van der Waals surface area contributed by atoms with E-state index < -0.39 is 10.0 Å². The lowest BCUT2D eigenvalue weighted by molar-refractivity contribution is -0.122. The molecule has 2 N–H and O–H groups in total. The van der Waals surface area contributed by atoms with E-state index in [1.807, 2.05) is 0 Å². The summed E-state index contributed by atoms with van der Waals surface area (Å²) in [6, 6.07) is 10.8. The highest BCUT2D eigenvalue weighted by Gasteiger charge is 2.17. The molecule has 1 aliphatic rings. The fraction of sp³-hybridized carbons (Fsp3) is 0.316. The first-order chi connectivity index (χ1) is 13.3. The van der Waals surface area contributed by atoms with Crippen molar-refractivity contribution in [2.75, 3.05) is 17.9 Å². The second-order valence-corrected chi connectivity index (χ2v) is 9.03. The number of benzene rings is 2. The Labute approximate surface area is 174 Å². The molecule has 1 amide bonds. The SMILES string of the molecule is O=C(Cc1ccc(NS(=O)(=O)c2ccc(Cl)c(Cl)c2)cc1)NC1CCCOC1. The molecule has 0 aliphatic carbocycles. The molecule has 3 rings (SSSR count). The molecule has 0 bridgehead atoms. The van der Waals surface area contributed by atoms with Crippen molar-refractivity contribution in [3.05, 3.63) is 58.1 Å². The zero-order valence-electron chi connectivity index (χ0n) is 15.0. The lowest BCUT2D eigenvalue weighted by Crippen LogP contribution is -2.41. The number of ether oxygens (including phenoxy) is 1. The summed E-state index contributed by atoms with van der Waals surface area (Å²) in [4.78, 5) is 12.2. The molecule has 1 saturated heterocycles. The van der Waals surface area contributed by atoms with Crippen LogP contribution in [0.25, 0.3) is 0 Å². The van der Waals surface area contributed by atoms with Gasteiger partial charge in [-0.15, -0.1) is 0 Å². The molecule has 0 aromatic heterocycles. The quantitative estimate of drug-likeness (QED) is 0.714. The molecule has 1 heterocycles. The first-order valence-electron chi connectivity index (χ1n) is 8.77. The van der Waals surface area contributed by atoms with E-state index in [1.165, 1.54) is 18.2 Å². The zero-order chi connectivity index (χ0) is 20.1. The van der Waals surface area contributed by atoms with E-state index >= 15 is 0 Å². The minimum absolute atomic E-state index is 0.0139. The first-order valence-corrected chi connectivity index (χ1v) is 11.0. The molecule has 1 atom stereocenters. The van der Waals surface area contributed by atoms with Crippen LogP contribution in [0.15, 0.2) is 47.4 Å². The Morgan fingerprint density at radius 3 is 2.50 bits per heavy atom. The Morgan fingerprint density at radius 1 is 1.11 bits per heavy atom. The van der Waals surface area contributed by atoms with Crippen molar-refractivity contribution in [3.8, 4) is 0 Å². The van der Waals surface area contributed by atoms with Crippen molar-refractivity contribution in [2.24, 2.45) is 0 Å². The van der Waals surface area contributed by atoms with Crippen molar-refractivity contribution in [3.63, 3.8) is 0 Å². The van der Waals surface area contributed by atoms with E-state index in [-0.39, 0.29) is 33.3 Å². The average molecular weight is 443 g/mol. The van der Waals surface area contributed by atoms with E-state index in [9.17, 15) is 13.2 Å². The maximum atomic E-state index is 12.5. The number of amides is 1. The largest absolute Gasteiger partial charge is 0.379 e. The summed E-state index contributed by atoms with van der Waals surface area (Å²) in [6.07, 6.45) is 2.08. The van der Waals surface area contributed by atoms with E-state index in [0.29, 0.717) is 12.3 Å². The number of carbonyl (C=O) groups excluding carboxylic acids is 1. The summed E-state index contributed by atoms with van der Waals surface area (Å²) in [5, 5.41) is 3.39. The van der Waals surface area contributed by atoms with Crippen molar-refractivity contribution < 1.29 is 17.9 Å². The summed E-state index contributed by atoms with van der Waals surface area (Å²) in [5.74, 6) is -0.0837. The van der Waals surface area contributed by atoms with Crippen LogP contribution in [-0.2, 0) is 26.0 Å². The number of carbonyl (C=O) groups is 1. The highest BCUT2D eigenvalue weighted by molar-refractivity contribution is 7.92. The van der Waals surface area contributed by atoms with Gasteiger partial charge in [-0.3, -0.25) is 9.52 Å². The molecule has 9 heteroatoms. The Bertz CT molecular complexity index is 943. The molecule has 150 valence electrons. The fourth-order valence-electron chi connectivity index (χ4n) is 2.87. The van der Waals surface area contributed by atoms with Crippen LogP contribution >= 0.6 is 23.2 Å². The lowest BCUT2D eigenvalue weighted by Gasteiger charge is -2.23. The molecule has 2 aromatic carbocycles. The minimum Gasteiger partial charge on any atom is -0.379 e. The van der Waals surface area contributed by atoms with E-state index in [2.05, 4.69) is 10.0 Å². The first kappa shape index (κ1) is 20.9. The van der Waals surface area contributed by atoms with Gasteiger partial charge in [0, 0.05) is 12.3 Å². The van der Waals surface area contributed by atoms with Crippen LogP contribution in [0, 0.1) is 0 Å². The Balaban J connectivity index is 1.60. The van der Waals surface area contributed by atoms with Gasteiger partial charge in [0.2, 0.25) is 5.91 Å². The topological polar surface area (TPSA) is 84.5 Å². The van der Waals surface area contributed by atoms with Crippen LogP contribution in [0.2, 0.25) is 10.0 Å². The average Bonchev–Trinajstić information content (AvgIpc) is 2.66. The third-order valence-electron chi connectivity index (χ3n) is 4.30. The second kappa shape index (κ2) is 9.13. The van der Waals surface area contributed by atoms with Gasteiger partial charge in [0.1, 0.15) is 0 Å². The fourth-order valence-corrected chi connectivity index (χ4v) is 4.31. The normalized spacial score (nSPS) is 17.1. The molecule has 1 unspecified atom stereocenters. The van der Waals surface area contributed by atoms with Gasteiger partial charge in [0.25, 0.3) is 10.0 Å². The number of sulfonamides is 1. The highest BCUT2D eigenvalue weighted by atomic mass is 35.5. The van der Waals surface area contributed by atoms with Crippen LogP contribution in [-0.4, -0.2) is 33.6 Å². The molecule has 6 nitrogen and oxygen atoms in total. The standard InChI is InChI=1S/C19H20Cl2N2O4S/c20-17-8-7-16(11-18(17)21)28(25,26)23-14-5-3-13(4-6-14)10-19(24)22-15-2-1-9-27-12-15/h3-8,11,15,23H,1-2,9-10,12H2,(H,22,24). The summed E-state index contributed by atoms with van der Waals surface area (Å²) >= 11 is 11.7. The molecule has 1 aliphatic heterocycles. The number of halogens is 2. The summed E-state index contributed by atoms with van der Waals surface area (Å²) in [6.45, 7) is 1.28. The maximum Gasteiger partial charge on any atom is 0.261 e. The number of hydrogen-bond acceptors (Lipinski definition) is 4. The van der Waals surface area contributed by atoms with Crippen LogP contribution in [0.5, 0.6) is 0 Å². The molecule has 0 radical (unpaired) electrons. The van der Waals surface area contributed by atoms with Crippen molar-refractivity contribution >= 4 is 44.8 Å². The minimum atomic E-state index is -3.79. The van der Waals surface area contributed by atoms with Crippen molar-refractivity contribution in [1.82, 2.24) is 5.32 Å². The number of anilines is 1. The third-order valence-corrected chi connectivity index (χ3v) is 6.42. The van der Waals surface area contributed by atoms with Gasteiger partial charge in [-0.1, -0.05) is 35.3 Å². The molecule has 1 fully saturated rings. The summed E-state index contributed by atoms with van der Waals surface area (Å²) in [5.41, 5.74) is 1.17. The van der Waals surface area contributed by atoms with E-state index in [0.717, 1.165) is 25.0 Å². The van der Waals surface area contributed by atoms with Crippen LogP contribution in [0.3, 0.4) is 0 Å². The van der Waals surface area contributed by atoms with Gasteiger partial charge in [-0.25, -0.2) is 8.42 Å². The number of rotatable bonds is 6. The number of nitrogens with one attached hydrogen (secondary N) is 2. The number of hydrogen-bond donors (Lipinski definition) is 2. The smallest absolute Gasteiger partial charge is 0.261 e. The predicted octanol–water partition coefficient (Wildman–Crippen LogP) is 3.63. The van der Waals surface area contributed by atoms with Gasteiger partial charge in [-0.2, -0.15) is 0 Å². The van der Waals surface area contributed by atoms with Crippen molar-refractivity contribution in [2.45, 2.75) is 30.2 Å². The molecule has 0 spiro atoms. The summed E-state index contributed by atoms with van der Waals surface area (Å²) in [7, 11) is -3.79. The Kier molecular flexibility index (Phi) is 6.82. The van der Waals surface area contributed by atoms with Crippen LogP contribution in [0.4, 0.5) is 5.69 Å². The van der Waals surface area contributed by atoms with Crippen LogP contribution in [0.1, 0.15) is 18.4 Å².